The van der Waals surface area contributed by atoms with Gasteiger partial charge in [-0.05, 0) is 50.2 Å². The lowest BCUT2D eigenvalue weighted by molar-refractivity contribution is -0.122. The van der Waals surface area contributed by atoms with Crippen LogP contribution >= 0.6 is 11.6 Å². The van der Waals surface area contributed by atoms with E-state index in [4.69, 9.17) is 11.6 Å². The van der Waals surface area contributed by atoms with E-state index in [9.17, 15) is 9.59 Å². The minimum absolute atomic E-state index is 0.107. The number of benzene rings is 2. The van der Waals surface area contributed by atoms with Gasteiger partial charge < -0.3 is 10.6 Å². The molecule has 0 radical (unpaired) electrons. The standard InChI is InChI=1S/C20H24ClN3O2/c1-15-3-9-18(10-4-15)23-20(26)14-24(2)13-19(25)22-12-11-16-5-7-17(21)8-6-16/h3-10H,11-14H2,1-2H3,(H,22,25)(H,23,26). The molecule has 0 aliphatic heterocycles. The highest BCUT2D eigenvalue weighted by Gasteiger charge is 2.10. The van der Waals surface area contributed by atoms with Crippen LogP contribution in [-0.2, 0) is 16.0 Å². The maximum absolute atomic E-state index is 12.0. The Morgan fingerprint density at radius 1 is 0.962 bits per heavy atom. The van der Waals surface area contributed by atoms with Gasteiger partial charge in [-0.25, -0.2) is 0 Å². The van der Waals surface area contributed by atoms with Gasteiger partial charge in [0.05, 0.1) is 13.1 Å². The number of halogens is 1. The Hall–Kier alpha value is -2.37. The van der Waals surface area contributed by atoms with Gasteiger partial charge in [0.1, 0.15) is 0 Å². The maximum Gasteiger partial charge on any atom is 0.238 e. The normalized spacial score (nSPS) is 10.6. The highest BCUT2D eigenvalue weighted by Crippen LogP contribution is 2.10. The molecule has 5 nitrogen and oxygen atoms in total. The first-order valence-corrected chi connectivity index (χ1v) is 8.86. The molecule has 0 saturated heterocycles. The molecule has 0 spiro atoms. The molecule has 138 valence electrons. The SMILES string of the molecule is Cc1ccc(NC(=O)CN(C)CC(=O)NCCc2ccc(Cl)cc2)cc1. The zero-order chi connectivity index (χ0) is 18.9. The van der Waals surface area contributed by atoms with Crippen molar-refractivity contribution in [2.45, 2.75) is 13.3 Å². The summed E-state index contributed by atoms with van der Waals surface area (Å²) in [4.78, 5) is 25.7. The third kappa shape index (κ3) is 7.25. The van der Waals surface area contributed by atoms with Gasteiger partial charge in [0, 0.05) is 17.3 Å². The Morgan fingerprint density at radius 2 is 1.58 bits per heavy atom. The summed E-state index contributed by atoms with van der Waals surface area (Å²) >= 11 is 5.84. The number of rotatable bonds is 8. The van der Waals surface area contributed by atoms with Crippen LogP contribution in [0, 0.1) is 6.92 Å². The van der Waals surface area contributed by atoms with E-state index in [0.29, 0.717) is 11.6 Å². The maximum atomic E-state index is 12.0. The van der Waals surface area contributed by atoms with E-state index in [0.717, 1.165) is 23.2 Å². The second-order valence-electron chi connectivity index (χ2n) is 6.31. The first kappa shape index (κ1) is 19.9. The molecule has 0 aliphatic carbocycles. The van der Waals surface area contributed by atoms with E-state index >= 15 is 0 Å². The van der Waals surface area contributed by atoms with Crippen molar-refractivity contribution in [1.29, 1.82) is 0 Å². The van der Waals surface area contributed by atoms with Gasteiger partial charge in [0.15, 0.2) is 0 Å². The fraction of sp³-hybridized carbons (Fsp3) is 0.300. The van der Waals surface area contributed by atoms with Crippen LogP contribution in [0.5, 0.6) is 0 Å². The van der Waals surface area contributed by atoms with Gasteiger partial charge in [0.2, 0.25) is 11.8 Å². The van der Waals surface area contributed by atoms with Crippen molar-refractivity contribution < 1.29 is 9.59 Å². The molecule has 0 fully saturated rings. The molecule has 0 atom stereocenters. The highest BCUT2D eigenvalue weighted by molar-refractivity contribution is 6.30. The van der Waals surface area contributed by atoms with Gasteiger partial charge in [-0.15, -0.1) is 0 Å². The number of aryl methyl sites for hydroxylation is 1. The average Bonchev–Trinajstić information content (AvgIpc) is 2.58. The van der Waals surface area contributed by atoms with Crippen LogP contribution in [0.3, 0.4) is 0 Å². The van der Waals surface area contributed by atoms with Gasteiger partial charge in [0.25, 0.3) is 0 Å². The molecule has 2 amide bonds. The first-order chi connectivity index (χ1) is 12.4. The Kier molecular flexibility index (Phi) is 7.63. The number of carbonyl (C=O) groups excluding carboxylic acids is 2. The summed E-state index contributed by atoms with van der Waals surface area (Å²) in [5.41, 5.74) is 3.00. The number of likely N-dealkylation sites (N-methyl/N-ethyl adjacent to an activating group) is 1. The predicted molar refractivity (Wildman–Crippen MR) is 105 cm³/mol. The average molecular weight is 374 g/mol. The van der Waals surface area contributed by atoms with Crippen LogP contribution in [0.4, 0.5) is 5.69 Å². The fourth-order valence-corrected chi connectivity index (χ4v) is 2.56. The molecule has 2 aromatic rings. The molecule has 0 bridgehead atoms. The lowest BCUT2D eigenvalue weighted by Gasteiger charge is -2.16. The summed E-state index contributed by atoms with van der Waals surface area (Å²) in [5.74, 6) is -0.255. The summed E-state index contributed by atoms with van der Waals surface area (Å²) in [6, 6.07) is 15.1. The molecule has 0 heterocycles. The minimum atomic E-state index is -0.148. The fourth-order valence-electron chi connectivity index (χ4n) is 2.44. The van der Waals surface area contributed by atoms with Crippen molar-refractivity contribution in [2.75, 3.05) is 32.0 Å². The highest BCUT2D eigenvalue weighted by atomic mass is 35.5. The molecule has 2 rings (SSSR count). The van der Waals surface area contributed by atoms with E-state index in [2.05, 4.69) is 10.6 Å². The minimum Gasteiger partial charge on any atom is -0.355 e. The third-order valence-electron chi connectivity index (χ3n) is 3.81. The van der Waals surface area contributed by atoms with Crippen molar-refractivity contribution in [3.8, 4) is 0 Å². The molecule has 26 heavy (non-hydrogen) atoms. The van der Waals surface area contributed by atoms with Gasteiger partial charge in [-0.1, -0.05) is 41.4 Å². The molecular formula is C20H24ClN3O2. The van der Waals surface area contributed by atoms with E-state index in [-0.39, 0.29) is 24.9 Å². The molecule has 6 heteroatoms. The first-order valence-electron chi connectivity index (χ1n) is 8.48. The largest absolute Gasteiger partial charge is 0.355 e. The van der Waals surface area contributed by atoms with E-state index in [1.165, 1.54) is 0 Å². The van der Waals surface area contributed by atoms with Crippen molar-refractivity contribution in [3.63, 3.8) is 0 Å². The van der Waals surface area contributed by atoms with Crippen LogP contribution < -0.4 is 10.6 Å². The van der Waals surface area contributed by atoms with Gasteiger partial charge in [-0.3, -0.25) is 14.5 Å². The molecule has 2 N–H and O–H groups in total. The topological polar surface area (TPSA) is 61.4 Å². The van der Waals surface area contributed by atoms with E-state index in [1.807, 2.05) is 55.5 Å². The number of hydrogen-bond acceptors (Lipinski definition) is 3. The van der Waals surface area contributed by atoms with Crippen molar-refractivity contribution in [3.05, 3.63) is 64.7 Å². The molecular weight excluding hydrogens is 350 g/mol. The van der Waals surface area contributed by atoms with Gasteiger partial charge >= 0.3 is 0 Å². The molecule has 0 aromatic heterocycles. The summed E-state index contributed by atoms with van der Waals surface area (Å²) in [7, 11) is 1.74. The van der Waals surface area contributed by atoms with Crippen molar-refractivity contribution in [2.24, 2.45) is 0 Å². The summed E-state index contributed by atoms with van der Waals surface area (Å²) in [5, 5.41) is 6.38. The third-order valence-corrected chi connectivity index (χ3v) is 4.06. The Bertz CT molecular complexity index is 730. The van der Waals surface area contributed by atoms with Crippen LogP contribution in [0.15, 0.2) is 48.5 Å². The Labute approximate surface area is 159 Å². The summed E-state index contributed by atoms with van der Waals surface area (Å²) in [6.45, 7) is 2.86. The monoisotopic (exact) mass is 373 g/mol. The lowest BCUT2D eigenvalue weighted by atomic mass is 10.1. The van der Waals surface area contributed by atoms with Crippen molar-refractivity contribution in [1.82, 2.24) is 10.2 Å². The molecule has 2 aromatic carbocycles. The van der Waals surface area contributed by atoms with Gasteiger partial charge in [-0.2, -0.15) is 0 Å². The van der Waals surface area contributed by atoms with Crippen LogP contribution in [0.1, 0.15) is 11.1 Å². The second-order valence-corrected chi connectivity index (χ2v) is 6.75. The quantitative estimate of drug-likeness (QED) is 0.748. The zero-order valence-electron chi connectivity index (χ0n) is 15.1. The van der Waals surface area contributed by atoms with Crippen LogP contribution in [0.25, 0.3) is 0 Å². The number of nitrogens with one attached hydrogen (secondary N) is 2. The number of carbonyl (C=O) groups is 2. The van der Waals surface area contributed by atoms with Crippen molar-refractivity contribution >= 4 is 29.1 Å². The van der Waals surface area contributed by atoms with Crippen LogP contribution in [0.2, 0.25) is 5.02 Å². The number of nitrogens with zero attached hydrogens (tertiary/aromatic N) is 1. The molecule has 0 aliphatic rings. The van der Waals surface area contributed by atoms with Crippen LogP contribution in [-0.4, -0.2) is 43.4 Å². The lowest BCUT2D eigenvalue weighted by Crippen LogP contribution is -2.39. The Balaban J connectivity index is 1.66. The molecule has 0 unspecified atom stereocenters. The smallest absolute Gasteiger partial charge is 0.238 e. The second kappa shape index (κ2) is 9.94. The Morgan fingerprint density at radius 3 is 2.23 bits per heavy atom. The van der Waals surface area contributed by atoms with E-state index < -0.39 is 0 Å². The summed E-state index contributed by atoms with van der Waals surface area (Å²) < 4.78 is 0. The number of anilines is 1. The van der Waals surface area contributed by atoms with E-state index in [1.54, 1.807) is 11.9 Å². The summed E-state index contributed by atoms with van der Waals surface area (Å²) in [6.07, 6.45) is 0.737. The predicted octanol–water partition coefficient (Wildman–Crippen LogP) is 2.88. The number of amides is 2. The molecule has 0 saturated carbocycles. The zero-order valence-corrected chi connectivity index (χ0v) is 15.8. The number of hydrogen-bond donors (Lipinski definition) is 2.